The van der Waals surface area contributed by atoms with Gasteiger partial charge < -0.3 is 14.4 Å². The summed E-state index contributed by atoms with van der Waals surface area (Å²) in [5.74, 6) is 0.302. The van der Waals surface area contributed by atoms with Crippen molar-refractivity contribution in [2.45, 2.75) is 26.0 Å². The van der Waals surface area contributed by atoms with Crippen molar-refractivity contribution in [1.29, 1.82) is 0 Å². The molecule has 1 aliphatic heterocycles. The van der Waals surface area contributed by atoms with Crippen LogP contribution in [0.1, 0.15) is 25.5 Å². The van der Waals surface area contributed by atoms with Gasteiger partial charge >= 0.3 is 5.69 Å². The maximum atomic E-state index is 11.2. The van der Waals surface area contributed by atoms with Crippen molar-refractivity contribution in [2.75, 3.05) is 24.7 Å². The van der Waals surface area contributed by atoms with Crippen molar-refractivity contribution in [2.24, 2.45) is 0 Å². The van der Waals surface area contributed by atoms with E-state index in [9.17, 15) is 10.1 Å². The van der Waals surface area contributed by atoms with E-state index < -0.39 is 4.92 Å². The zero-order chi connectivity index (χ0) is 17.8. The quantitative estimate of drug-likeness (QED) is 0.608. The molecule has 0 radical (unpaired) electrons. The number of morpholine rings is 1. The first-order valence-corrected chi connectivity index (χ1v) is 8.44. The first kappa shape index (κ1) is 17.2. The van der Waals surface area contributed by atoms with Gasteiger partial charge in [0.1, 0.15) is 0 Å². The lowest BCUT2D eigenvalue weighted by atomic mass is 10.0. The molecule has 25 heavy (non-hydrogen) atoms. The molecule has 2 aromatic rings. The number of hydrogen-bond donors (Lipinski definition) is 0. The molecule has 6 nitrogen and oxygen atoms in total. The van der Waals surface area contributed by atoms with Gasteiger partial charge in [-0.1, -0.05) is 30.3 Å². The third-order valence-corrected chi connectivity index (χ3v) is 4.32. The fraction of sp³-hybridized carbons (Fsp3) is 0.368. The van der Waals surface area contributed by atoms with Gasteiger partial charge in [-0.25, -0.2) is 0 Å². The van der Waals surface area contributed by atoms with Crippen molar-refractivity contribution in [3.8, 4) is 5.75 Å². The van der Waals surface area contributed by atoms with Crippen molar-refractivity contribution >= 4 is 11.4 Å². The summed E-state index contributed by atoms with van der Waals surface area (Å²) in [5, 5.41) is 11.2. The Bertz CT molecular complexity index is 735. The van der Waals surface area contributed by atoms with Crippen LogP contribution in [-0.4, -0.2) is 30.8 Å². The second kappa shape index (κ2) is 7.53. The van der Waals surface area contributed by atoms with Gasteiger partial charge in [0, 0.05) is 24.4 Å². The van der Waals surface area contributed by atoms with Crippen molar-refractivity contribution in [3.05, 3.63) is 64.2 Å². The Morgan fingerprint density at radius 1 is 1.28 bits per heavy atom. The second-order valence-electron chi connectivity index (χ2n) is 6.06. The molecule has 0 bridgehead atoms. The fourth-order valence-corrected chi connectivity index (χ4v) is 3.14. The summed E-state index contributed by atoms with van der Waals surface area (Å²) in [6.45, 7) is 5.52. The minimum absolute atomic E-state index is 0.0110. The lowest BCUT2D eigenvalue weighted by Gasteiger charge is -2.40. The Labute approximate surface area is 147 Å². The van der Waals surface area contributed by atoms with Crippen LogP contribution in [0.5, 0.6) is 5.75 Å². The van der Waals surface area contributed by atoms with E-state index in [4.69, 9.17) is 9.47 Å². The Hall–Kier alpha value is -2.60. The molecule has 0 aromatic heterocycles. The van der Waals surface area contributed by atoms with Crippen molar-refractivity contribution < 1.29 is 14.4 Å². The zero-order valence-electron chi connectivity index (χ0n) is 14.4. The first-order valence-electron chi connectivity index (χ1n) is 8.44. The van der Waals surface area contributed by atoms with Crippen LogP contribution in [0.25, 0.3) is 0 Å². The maximum absolute atomic E-state index is 11.2. The molecule has 1 aliphatic rings. The summed E-state index contributed by atoms with van der Waals surface area (Å²) < 4.78 is 11.4. The molecule has 3 rings (SSSR count). The molecule has 0 amide bonds. The van der Waals surface area contributed by atoms with Gasteiger partial charge in [0.15, 0.2) is 5.75 Å². The summed E-state index contributed by atoms with van der Waals surface area (Å²) in [4.78, 5) is 13.0. The fourth-order valence-electron chi connectivity index (χ4n) is 3.14. The Balaban J connectivity index is 1.98. The molecule has 2 atom stereocenters. The molecule has 2 aromatic carbocycles. The highest BCUT2D eigenvalue weighted by Crippen LogP contribution is 2.37. The molecular formula is C19H22N2O4. The zero-order valence-corrected chi connectivity index (χ0v) is 14.4. The monoisotopic (exact) mass is 342 g/mol. The van der Waals surface area contributed by atoms with Crippen LogP contribution in [0.4, 0.5) is 11.4 Å². The van der Waals surface area contributed by atoms with Gasteiger partial charge in [-0.3, -0.25) is 10.1 Å². The number of nitro benzene ring substituents is 1. The van der Waals surface area contributed by atoms with E-state index in [0.717, 1.165) is 11.3 Å². The summed E-state index contributed by atoms with van der Waals surface area (Å²) in [6, 6.07) is 15.3. The standard InChI is InChI=1S/C19H22N2O4/c1-3-24-19-11-16(9-10-17(19)21(22)23)20-12-14(2)25-13-18(20)15-7-5-4-6-8-15/h4-11,14,18H,3,12-13H2,1-2H3. The van der Waals surface area contributed by atoms with E-state index in [0.29, 0.717) is 25.5 Å². The van der Waals surface area contributed by atoms with Crippen LogP contribution >= 0.6 is 0 Å². The lowest BCUT2D eigenvalue weighted by Crippen LogP contribution is -2.43. The number of nitrogens with zero attached hydrogens (tertiary/aromatic N) is 2. The van der Waals surface area contributed by atoms with Gasteiger partial charge in [-0.2, -0.15) is 0 Å². The largest absolute Gasteiger partial charge is 0.487 e. The van der Waals surface area contributed by atoms with Gasteiger partial charge in [0.05, 0.1) is 30.3 Å². The van der Waals surface area contributed by atoms with Crippen LogP contribution in [-0.2, 0) is 4.74 Å². The first-order chi connectivity index (χ1) is 12.1. The molecule has 0 N–H and O–H groups in total. The summed E-state index contributed by atoms with van der Waals surface area (Å²) >= 11 is 0. The molecule has 132 valence electrons. The van der Waals surface area contributed by atoms with Crippen LogP contribution in [0.15, 0.2) is 48.5 Å². The van der Waals surface area contributed by atoms with Crippen molar-refractivity contribution in [3.63, 3.8) is 0 Å². The van der Waals surface area contributed by atoms with Crippen LogP contribution in [0.2, 0.25) is 0 Å². The van der Waals surface area contributed by atoms with Crippen LogP contribution in [0, 0.1) is 10.1 Å². The number of ether oxygens (including phenoxy) is 2. The molecule has 0 aliphatic carbocycles. The van der Waals surface area contributed by atoms with Gasteiger partial charge in [-0.15, -0.1) is 0 Å². The molecule has 0 saturated carbocycles. The third kappa shape index (κ3) is 3.74. The smallest absolute Gasteiger partial charge is 0.311 e. The summed E-state index contributed by atoms with van der Waals surface area (Å²) in [7, 11) is 0. The molecule has 1 heterocycles. The number of anilines is 1. The van der Waals surface area contributed by atoms with Gasteiger partial charge in [0.25, 0.3) is 0 Å². The average Bonchev–Trinajstić information content (AvgIpc) is 2.62. The van der Waals surface area contributed by atoms with Crippen LogP contribution in [0.3, 0.4) is 0 Å². The predicted molar refractivity (Wildman–Crippen MR) is 96.2 cm³/mol. The van der Waals surface area contributed by atoms with E-state index in [1.54, 1.807) is 12.1 Å². The number of rotatable bonds is 5. The maximum Gasteiger partial charge on any atom is 0.311 e. The molecule has 6 heteroatoms. The van der Waals surface area contributed by atoms with E-state index in [-0.39, 0.29) is 17.8 Å². The SMILES string of the molecule is CCOc1cc(N2CC(C)OCC2c2ccccc2)ccc1[N+](=O)[O-]. The van der Waals surface area contributed by atoms with Gasteiger partial charge in [0.2, 0.25) is 0 Å². The van der Waals surface area contributed by atoms with E-state index in [1.165, 1.54) is 6.07 Å². The third-order valence-electron chi connectivity index (χ3n) is 4.32. The normalized spacial score (nSPS) is 20.3. The Kier molecular flexibility index (Phi) is 5.19. The van der Waals surface area contributed by atoms with E-state index in [2.05, 4.69) is 17.0 Å². The topological polar surface area (TPSA) is 64.8 Å². The average molecular weight is 342 g/mol. The number of nitro groups is 1. The highest BCUT2D eigenvalue weighted by atomic mass is 16.6. The van der Waals surface area contributed by atoms with Crippen molar-refractivity contribution in [1.82, 2.24) is 0 Å². The lowest BCUT2D eigenvalue weighted by molar-refractivity contribution is -0.385. The molecule has 1 saturated heterocycles. The molecular weight excluding hydrogens is 320 g/mol. The van der Waals surface area contributed by atoms with E-state index >= 15 is 0 Å². The molecule has 2 unspecified atom stereocenters. The Morgan fingerprint density at radius 2 is 2.04 bits per heavy atom. The number of hydrogen-bond acceptors (Lipinski definition) is 5. The Morgan fingerprint density at radius 3 is 2.72 bits per heavy atom. The molecule has 0 spiro atoms. The highest BCUT2D eigenvalue weighted by Gasteiger charge is 2.29. The molecule has 1 fully saturated rings. The highest BCUT2D eigenvalue weighted by molar-refractivity contribution is 5.60. The predicted octanol–water partition coefficient (Wildman–Crippen LogP) is 3.96. The number of benzene rings is 2. The summed E-state index contributed by atoms with van der Waals surface area (Å²) in [5.41, 5.74) is 2.05. The van der Waals surface area contributed by atoms with Gasteiger partial charge in [-0.05, 0) is 25.5 Å². The minimum Gasteiger partial charge on any atom is -0.487 e. The second-order valence-corrected chi connectivity index (χ2v) is 6.06. The van der Waals surface area contributed by atoms with Crippen LogP contribution < -0.4 is 9.64 Å². The van der Waals surface area contributed by atoms with E-state index in [1.807, 2.05) is 32.0 Å². The minimum atomic E-state index is -0.411. The summed E-state index contributed by atoms with van der Waals surface area (Å²) in [6.07, 6.45) is 0.0886.